The van der Waals surface area contributed by atoms with E-state index in [-0.39, 0.29) is 29.8 Å². The largest absolute Gasteiger partial charge is 0.355 e. The third-order valence-corrected chi connectivity index (χ3v) is 5.19. The van der Waals surface area contributed by atoms with Crippen molar-refractivity contribution < 1.29 is 14.0 Å². The molecule has 7 heteroatoms. The van der Waals surface area contributed by atoms with Crippen LogP contribution >= 0.6 is 22.9 Å². The van der Waals surface area contributed by atoms with Gasteiger partial charge < -0.3 is 10.2 Å². The van der Waals surface area contributed by atoms with Crippen LogP contribution in [0.1, 0.15) is 11.3 Å². The van der Waals surface area contributed by atoms with E-state index in [4.69, 9.17) is 11.6 Å². The van der Waals surface area contributed by atoms with Gasteiger partial charge in [-0.05, 0) is 36.1 Å². The van der Waals surface area contributed by atoms with E-state index >= 15 is 0 Å². The van der Waals surface area contributed by atoms with E-state index in [0.29, 0.717) is 12.2 Å². The predicted octanol–water partition coefficient (Wildman–Crippen LogP) is 3.25. The summed E-state index contributed by atoms with van der Waals surface area (Å²) in [5, 5.41) is 4.84. The molecular formula is C17H16ClFN2O2S. The minimum Gasteiger partial charge on any atom is -0.355 e. The third kappa shape index (κ3) is 3.76. The van der Waals surface area contributed by atoms with Crippen molar-refractivity contribution >= 4 is 40.4 Å². The lowest BCUT2D eigenvalue weighted by Gasteiger charge is -2.17. The first kappa shape index (κ1) is 16.9. The van der Waals surface area contributed by atoms with Crippen molar-refractivity contribution in [1.29, 1.82) is 0 Å². The number of hydrogen-bond donors (Lipinski definition) is 1. The Hall–Kier alpha value is -1.92. The van der Waals surface area contributed by atoms with Gasteiger partial charge in [-0.2, -0.15) is 0 Å². The summed E-state index contributed by atoms with van der Waals surface area (Å²) in [6, 6.07) is 8.13. The zero-order chi connectivity index (χ0) is 17.1. The van der Waals surface area contributed by atoms with E-state index in [9.17, 15) is 14.0 Å². The average molecular weight is 367 g/mol. The minimum absolute atomic E-state index is 0.0378. The van der Waals surface area contributed by atoms with Gasteiger partial charge in [-0.15, -0.1) is 11.3 Å². The van der Waals surface area contributed by atoms with E-state index in [2.05, 4.69) is 5.32 Å². The highest BCUT2D eigenvalue weighted by Crippen LogP contribution is 2.28. The van der Waals surface area contributed by atoms with Gasteiger partial charge in [-0.3, -0.25) is 9.59 Å². The van der Waals surface area contributed by atoms with Crippen molar-refractivity contribution in [3.8, 4) is 0 Å². The smallest absolute Gasteiger partial charge is 0.227 e. The second kappa shape index (κ2) is 7.32. The number of benzene rings is 1. The number of amides is 2. The molecule has 0 aliphatic carbocycles. The maximum Gasteiger partial charge on any atom is 0.227 e. The number of nitrogens with one attached hydrogen (secondary N) is 1. The Morgan fingerprint density at radius 2 is 2.25 bits per heavy atom. The van der Waals surface area contributed by atoms with Crippen molar-refractivity contribution in [2.24, 2.45) is 5.92 Å². The van der Waals surface area contributed by atoms with Gasteiger partial charge in [0.05, 0.1) is 10.9 Å². The van der Waals surface area contributed by atoms with Gasteiger partial charge in [0, 0.05) is 30.1 Å². The van der Waals surface area contributed by atoms with Crippen LogP contribution in [-0.2, 0) is 16.0 Å². The number of rotatable bonds is 5. The van der Waals surface area contributed by atoms with Gasteiger partial charge in [-0.1, -0.05) is 17.7 Å². The summed E-state index contributed by atoms with van der Waals surface area (Å²) < 4.78 is 13.2. The highest BCUT2D eigenvalue weighted by Gasteiger charge is 2.35. The highest BCUT2D eigenvalue weighted by molar-refractivity contribution is 7.09. The first-order valence-corrected chi connectivity index (χ1v) is 8.86. The van der Waals surface area contributed by atoms with Crippen molar-refractivity contribution in [2.45, 2.75) is 12.8 Å². The Morgan fingerprint density at radius 3 is 2.96 bits per heavy atom. The Bertz CT molecular complexity index is 751. The summed E-state index contributed by atoms with van der Waals surface area (Å²) >= 11 is 7.42. The fraction of sp³-hybridized carbons (Fsp3) is 0.294. The second-order valence-electron chi connectivity index (χ2n) is 5.62. The molecule has 0 spiro atoms. The fourth-order valence-electron chi connectivity index (χ4n) is 2.69. The molecular weight excluding hydrogens is 351 g/mol. The number of halogens is 2. The average Bonchev–Trinajstić information content (AvgIpc) is 3.20. The van der Waals surface area contributed by atoms with Gasteiger partial charge >= 0.3 is 0 Å². The van der Waals surface area contributed by atoms with E-state index in [0.717, 1.165) is 6.42 Å². The molecule has 0 saturated carbocycles. The number of carbonyl (C=O) groups excluding carboxylic acids is 2. The zero-order valence-corrected chi connectivity index (χ0v) is 14.4. The van der Waals surface area contributed by atoms with Gasteiger partial charge in [0.2, 0.25) is 11.8 Å². The van der Waals surface area contributed by atoms with Crippen LogP contribution in [0.25, 0.3) is 0 Å². The van der Waals surface area contributed by atoms with Crippen LogP contribution in [0.3, 0.4) is 0 Å². The maximum absolute atomic E-state index is 13.2. The summed E-state index contributed by atoms with van der Waals surface area (Å²) in [5.41, 5.74) is 0.514. The minimum atomic E-state index is -0.532. The molecule has 2 heterocycles. The predicted molar refractivity (Wildman–Crippen MR) is 92.9 cm³/mol. The lowest BCUT2D eigenvalue weighted by molar-refractivity contribution is -0.126. The molecule has 1 aromatic heterocycles. The molecule has 24 heavy (non-hydrogen) atoms. The van der Waals surface area contributed by atoms with Crippen molar-refractivity contribution in [2.75, 3.05) is 18.0 Å². The van der Waals surface area contributed by atoms with Gasteiger partial charge in [0.1, 0.15) is 5.82 Å². The van der Waals surface area contributed by atoms with E-state index in [1.165, 1.54) is 28.0 Å². The Kier molecular flexibility index (Phi) is 5.16. The van der Waals surface area contributed by atoms with Gasteiger partial charge in [0.25, 0.3) is 0 Å². The monoisotopic (exact) mass is 366 g/mol. The zero-order valence-electron chi connectivity index (χ0n) is 12.8. The van der Waals surface area contributed by atoms with Crippen molar-refractivity contribution in [1.82, 2.24) is 5.32 Å². The van der Waals surface area contributed by atoms with Crippen LogP contribution in [-0.4, -0.2) is 24.9 Å². The summed E-state index contributed by atoms with van der Waals surface area (Å²) in [4.78, 5) is 27.1. The quantitative estimate of drug-likeness (QED) is 0.883. The van der Waals surface area contributed by atoms with Crippen molar-refractivity contribution in [3.63, 3.8) is 0 Å². The second-order valence-corrected chi connectivity index (χ2v) is 7.06. The third-order valence-electron chi connectivity index (χ3n) is 3.96. The molecule has 1 aliphatic heterocycles. The van der Waals surface area contributed by atoms with Crippen LogP contribution in [0, 0.1) is 11.7 Å². The standard InChI is InChI=1S/C17H16ClFN2O2S/c18-14-9-12(3-4-15(14)19)21-10-11(8-16(21)22)17(23)20-6-5-13-2-1-7-24-13/h1-4,7,9,11H,5-6,8,10H2,(H,20,23). The number of anilines is 1. The van der Waals surface area contributed by atoms with Gasteiger partial charge in [-0.25, -0.2) is 4.39 Å². The lowest BCUT2D eigenvalue weighted by atomic mass is 10.1. The highest BCUT2D eigenvalue weighted by atomic mass is 35.5. The first-order valence-electron chi connectivity index (χ1n) is 7.60. The maximum atomic E-state index is 13.2. The molecule has 1 aliphatic rings. The van der Waals surface area contributed by atoms with Crippen LogP contribution in [0.15, 0.2) is 35.7 Å². The van der Waals surface area contributed by atoms with Crippen LogP contribution in [0.4, 0.5) is 10.1 Å². The Labute approximate surface area is 148 Å². The Morgan fingerprint density at radius 1 is 1.42 bits per heavy atom. The number of thiophene rings is 1. The molecule has 1 fully saturated rings. The molecule has 3 rings (SSSR count). The normalized spacial score (nSPS) is 17.3. The molecule has 1 atom stereocenters. The lowest BCUT2D eigenvalue weighted by Crippen LogP contribution is -2.34. The molecule has 4 nitrogen and oxygen atoms in total. The van der Waals surface area contributed by atoms with Crippen LogP contribution < -0.4 is 10.2 Å². The van der Waals surface area contributed by atoms with E-state index < -0.39 is 11.7 Å². The molecule has 1 aromatic carbocycles. The number of nitrogens with zero attached hydrogens (tertiary/aromatic N) is 1. The molecule has 1 unspecified atom stereocenters. The van der Waals surface area contributed by atoms with E-state index in [1.807, 2.05) is 17.5 Å². The topological polar surface area (TPSA) is 49.4 Å². The molecule has 2 aromatic rings. The van der Waals surface area contributed by atoms with Crippen LogP contribution in [0.5, 0.6) is 0 Å². The number of carbonyl (C=O) groups is 2. The molecule has 1 saturated heterocycles. The molecule has 126 valence electrons. The molecule has 1 N–H and O–H groups in total. The first-order chi connectivity index (χ1) is 11.5. The summed E-state index contributed by atoms with van der Waals surface area (Å²) in [7, 11) is 0. The van der Waals surface area contributed by atoms with Crippen LogP contribution in [0.2, 0.25) is 5.02 Å². The summed E-state index contributed by atoms with van der Waals surface area (Å²) in [6.45, 7) is 0.831. The molecule has 0 bridgehead atoms. The fourth-order valence-corrected chi connectivity index (χ4v) is 3.58. The summed E-state index contributed by atoms with van der Waals surface area (Å²) in [5.74, 6) is -1.22. The van der Waals surface area contributed by atoms with E-state index in [1.54, 1.807) is 11.3 Å². The molecule has 0 radical (unpaired) electrons. The SMILES string of the molecule is O=C(NCCc1cccs1)C1CC(=O)N(c2ccc(F)c(Cl)c2)C1. The van der Waals surface area contributed by atoms with Gasteiger partial charge in [0.15, 0.2) is 0 Å². The molecule has 2 amide bonds. The van der Waals surface area contributed by atoms with Crippen molar-refractivity contribution in [3.05, 3.63) is 51.4 Å². The summed E-state index contributed by atoms with van der Waals surface area (Å²) in [6.07, 6.45) is 0.932. The Balaban J connectivity index is 1.57. The number of hydrogen-bond acceptors (Lipinski definition) is 3.